The number of aromatic amines is 2. The van der Waals surface area contributed by atoms with E-state index in [0.717, 1.165) is 71.4 Å². The summed E-state index contributed by atoms with van der Waals surface area (Å²) in [6.45, 7) is 1.69. The van der Waals surface area contributed by atoms with Crippen LogP contribution >= 0.6 is 11.3 Å². The number of likely N-dealkylation sites (N-methyl/N-ethyl adjacent to an activating group) is 1. The molecule has 5 rings (SSSR count). The number of anilines is 2. The summed E-state index contributed by atoms with van der Waals surface area (Å²) in [7, 11) is 1.93. The number of hydrogen-bond acceptors (Lipinski definition) is 7. The van der Waals surface area contributed by atoms with Crippen LogP contribution < -0.4 is 21.5 Å². The van der Waals surface area contributed by atoms with Crippen molar-refractivity contribution in [3.63, 3.8) is 0 Å². The van der Waals surface area contributed by atoms with Crippen LogP contribution in [0.2, 0.25) is 0 Å². The summed E-state index contributed by atoms with van der Waals surface area (Å²) in [5, 5.41) is 22.0. The Kier molecular flexibility index (Phi) is 5.86. The molecule has 0 spiro atoms. The number of fused-ring (bicyclic) bond motifs is 2. The Morgan fingerprint density at radius 2 is 1.97 bits per heavy atom. The van der Waals surface area contributed by atoms with E-state index >= 15 is 0 Å². The molecule has 8 nitrogen and oxygen atoms in total. The first-order chi connectivity index (χ1) is 15.6. The molecule has 0 amide bonds. The summed E-state index contributed by atoms with van der Waals surface area (Å²) in [5.74, 6) is 0.558. The summed E-state index contributed by atoms with van der Waals surface area (Å²) >= 11 is 1.60. The normalized spacial score (nSPS) is 18.9. The maximum absolute atomic E-state index is 13.2. The maximum Gasteiger partial charge on any atom is 0.261 e. The molecule has 0 saturated heterocycles. The molecular weight excluding hydrogens is 424 g/mol. The zero-order valence-corrected chi connectivity index (χ0v) is 18.8. The Balaban J connectivity index is 1.55. The van der Waals surface area contributed by atoms with Crippen molar-refractivity contribution in [3.8, 4) is 11.4 Å². The van der Waals surface area contributed by atoms with Crippen LogP contribution in [0.25, 0.3) is 32.6 Å². The van der Waals surface area contributed by atoms with Gasteiger partial charge in [0, 0.05) is 24.8 Å². The molecule has 0 atom stereocenters. The molecule has 4 aromatic rings. The molecule has 9 heteroatoms. The minimum absolute atomic E-state index is 0.166. The highest BCUT2D eigenvalue weighted by Crippen LogP contribution is 2.36. The standard InChI is InChI=1S/C23H28N6O2S/c1-24-9-10-25-14-4-7-16-18(12-14)28-22(27-16)19-20(26-13-2-5-15(30)6-3-13)21-17(8-11-32-21)29-23(19)31/h4,7-8,11-13,15,24-25,30H,2-3,5-6,9-10H2,1H3,(H,27,28)(H2,26,29,31)/t13-,15+. The highest BCUT2D eigenvalue weighted by molar-refractivity contribution is 7.17. The second-order valence-electron chi connectivity index (χ2n) is 8.36. The van der Waals surface area contributed by atoms with E-state index in [2.05, 4.69) is 25.9 Å². The van der Waals surface area contributed by atoms with Gasteiger partial charge in [0.2, 0.25) is 0 Å². The number of aromatic nitrogens is 3. The molecule has 0 bridgehead atoms. The fourth-order valence-electron chi connectivity index (χ4n) is 4.37. The number of nitrogens with one attached hydrogen (secondary N) is 5. The van der Waals surface area contributed by atoms with Crippen molar-refractivity contribution in [2.45, 2.75) is 37.8 Å². The first-order valence-corrected chi connectivity index (χ1v) is 12.0. The number of benzene rings is 1. The van der Waals surface area contributed by atoms with Crippen molar-refractivity contribution >= 4 is 44.0 Å². The molecule has 0 aliphatic heterocycles. The van der Waals surface area contributed by atoms with E-state index in [-0.39, 0.29) is 17.7 Å². The lowest BCUT2D eigenvalue weighted by Crippen LogP contribution is -2.29. The highest BCUT2D eigenvalue weighted by atomic mass is 32.1. The van der Waals surface area contributed by atoms with E-state index in [1.807, 2.05) is 36.7 Å². The van der Waals surface area contributed by atoms with E-state index in [9.17, 15) is 9.90 Å². The Morgan fingerprint density at radius 1 is 1.12 bits per heavy atom. The topological polar surface area (TPSA) is 118 Å². The molecule has 1 aliphatic rings. The smallest absolute Gasteiger partial charge is 0.261 e. The number of rotatable bonds is 7. The van der Waals surface area contributed by atoms with Gasteiger partial charge in [-0.25, -0.2) is 4.98 Å². The second kappa shape index (κ2) is 8.93. The average Bonchev–Trinajstić information content (AvgIpc) is 3.41. The van der Waals surface area contributed by atoms with Crippen molar-refractivity contribution in [3.05, 3.63) is 40.0 Å². The fourth-order valence-corrected chi connectivity index (χ4v) is 5.24. The molecule has 168 valence electrons. The van der Waals surface area contributed by atoms with Gasteiger partial charge in [-0.05, 0) is 62.4 Å². The predicted octanol–water partition coefficient (Wildman–Crippen LogP) is 3.48. The van der Waals surface area contributed by atoms with Gasteiger partial charge in [-0.3, -0.25) is 4.79 Å². The number of aliphatic hydroxyl groups is 1. The molecule has 3 aromatic heterocycles. The van der Waals surface area contributed by atoms with Crippen molar-refractivity contribution in [2.24, 2.45) is 0 Å². The van der Waals surface area contributed by atoms with Crippen LogP contribution in [0.4, 0.5) is 11.4 Å². The van der Waals surface area contributed by atoms with Gasteiger partial charge < -0.3 is 31.0 Å². The number of aliphatic hydroxyl groups excluding tert-OH is 1. The summed E-state index contributed by atoms with van der Waals surface area (Å²) < 4.78 is 1.01. The van der Waals surface area contributed by atoms with Gasteiger partial charge in [0.15, 0.2) is 0 Å². The van der Waals surface area contributed by atoms with E-state index in [1.165, 1.54) is 0 Å². The van der Waals surface area contributed by atoms with E-state index < -0.39 is 0 Å². The van der Waals surface area contributed by atoms with Crippen LogP contribution in [0.3, 0.4) is 0 Å². The zero-order chi connectivity index (χ0) is 22.1. The summed E-state index contributed by atoms with van der Waals surface area (Å²) in [6, 6.07) is 8.14. The van der Waals surface area contributed by atoms with Crippen LogP contribution in [0.15, 0.2) is 34.4 Å². The Labute approximate surface area is 189 Å². The minimum atomic E-state index is -0.222. The zero-order valence-electron chi connectivity index (χ0n) is 18.0. The predicted molar refractivity (Wildman–Crippen MR) is 132 cm³/mol. The third kappa shape index (κ3) is 4.11. The molecule has 0 unspecified atom stereocenters. The monoisotopic (exact) mass is 452 g/mol. The summed E-state index contributed by atoms with van der Waals surface area (Å²) in [6.07, 6.45) is 3.08. The molecule has 3 heterocycles. The molecule has 1 fully saturated rings. The first-order valence-electron chi connectivity index (χ1n) is 11.1. The van der Waals surface area contributed by atoms with Gasteiger partial charge in [-0.15, -0.1) is 11.3 Å². The van der Waals surface area contributed by atoms with Crippen LogP contribution in [-0.2, 0) is 0 Å². The Hall–Kier alpha value is -2.88. The van der Waals surface area contributed by atoms with Gasteiger partial charge in [-0.2, -0.15) is 0 Å². The Morgan fingerprint density at radius 3 is 2.78 bits per heavy atom. The quantitative estimate of drug-likeness (QED) is 0.239. The molecule has 0 radical (unpaired) electrons. The molecule has 1 saturated carbocycles. The SMILES string of the molecule is CNCCNc1ccc2nc(-c3c(N[C@H]4CC[C@@H](O)CC4)c4sccc4[nH]c3=O)[nH]c2c1. The number of imidazole rings is 1. The van der Waals surface area contributed by atoms with Crippen LogP contribution in [0, 0.1) is 0 Å². The number of H-pyrrole nitrogens is 2. The third-order valence-corrected chi connectivity index (χ3v) is 7.02. The lowest BCUT2D eigenvalue weighted by molar-refractivity contribution is 0.126. The van der Waals surface area contributed by atoms with Crippen molar-refractivity contribution < 1.29 is 5.11 Å². The van der Waals surface area contributed by atoms with Gasteiger partial charge in [0.05, 0.1) is 33.0 Å². The fraction of sp³-hybridized carbons (Fsp3) is 0.391. The molecule has 6 N–H and O–H groups in total. The van der Waals surface area contributed by atoms with Gasteiger partial charge in [-0.1, -0.05) is 0 Å². The number of pyridine rings is 1. The molecular formula is C23H28N6O2S. The Bertz CT molecular complexity index is 1280. The number of thiophene rings is 1. The average molecular weight is 453 g/mol. The van der Waals surface area contributed by atoms with Crippen LogP contribution in [0.1, 0.15) is 25.7 Å². The summed E-state index contributed by atoms with van der Waals surface area (Å²) in [5.41, 5.74) is 4.72. The van der Waals surface area contributed by atoms with Gasteiger partial charge >= 0.3 is 0 Å². The van der Waals surface area contributed by atoms with E-state index in [0.29, 0.717) is 11.4 Å². The van der Waals surface area contributed by atoms with Crippen molar-refractivity contribution in [2.75, 3.05) is 30.8 Å². The second-order valence-corrected chi connectivity index (χ2v) is 9.28. The molecule has 1 aliphatic carbocycles. The van der Waals surface area contributed by atoms with Crippen molar-refractivity contribution in [1.82, 2.24) is 20.3 Å². The largest absolute Gasteiger partial charge is 0.393 e. The molecule has 32 heavy (non-hydrogen) atoms. The minimum Gasteiger partial charge on any atom is -0.393 e. The van der Waals surface area contributed by atoms with Crippen LogP contribution in [-0.4, -0.2) is 52.3 Å². The number of hydrogen-bond donors (Lipinski definition) is 6. The lowest BCUT2D eigenvalue weighted by Gasteiger charge is -2.27. The van der Waals surface area contributed by atoms with Crippen LogP contribution in [0.5, 0.6) is 0 Å². The van der Waals surface area contributed by atoms with Crippen molar-refractivity contribution in [1.29, 1.82) is 0 Å². The third-order valence-electron chi connectivity index (χ3n) is 6.09. The first kappa shape index (κ1) is 21.0. The van der Waals surface area contributed by atoms with E-state index in [1.54, 1.807) is 11.3 Å². The van der Waals surface area contributed by atoms with Gasteiger partial charge in [0.1, 0.15) is 11.4 Å². The number of nitrogens with zero attached hydrogens (tertiary/aromatic N) is 1. The summed E-state index contributed by atoms with van der Waals surface area (Å²) in [4.78, 5) is 24.3. The van der Waals surface area contributed by atoms with E-state index in [4.69, 9.17) is 4.98 Å². The highest BCUT2D eigenvalue weighted by Gasteiger charge is 2.24. The van der Waals surface area contributed by atoms with Gasteiger partial charge in [0.25, 0.3) is 5.56 Å². The maximum atomic E-state index is 13.2. The lowest BCUT2D eigenvalue weighted by atomic mass is 9.93. The molecule has 1 aromatic carbocycles.